The molecule has 114 valence electrons. The Bertz CT molecular complexity index is 762. The summed E-state index contributed by atoms with van der Waals surface area (Å²) in [6.07, 6.45) is 2.69. The molecule has 0 aliphatic heterocycles. The van der Waals surface area contributed by atoms with Gasteiger partial charge in [0.05, 0.1) is 16.2 Å². The van der Waals surface area contributed by atoms with Crippen molar-refractivity contribution >= 4 is 23.5 Å². The molecule has 0 saturated carbocycles. The number of hydrogen-bond donors (Lipinski definition) is 1. The highest BCUT2D eigenvalue weighted by Gasteiger charge is 2.12. The lowest BCUT2D eigenvalue weighted by Crippen LogP contribution is -2.12. The third-order valence-electron chi connectivity index (χ3n) is 3.31. The van der Waals surface area contributed by atoms with Gasteiger partial charge in [-0.1, -0.05) is 12.1 Å². The van der Waals surface area contributed by atoms with Gasteiger partial charge in [0, 0.05) is 24.8 Å². The fraction of sp³-hybridized carbons (Fsp3) is 0.200. The maximum atomic E-state index is 12.0. The quantitative estimate of drug-likeness (QED) is 0.534. The molecule has 2 aromatic rings. The molecule has 1 heterocycles. The number of aryl methyl sites for hydroxylation is 2. The molecule has 1 amide bonds. The molecule has 0 aliphatic rings. The molecule has 1 N–H and O–H groups in total. The van der Waals surface area contributed by atoms with Crippen LogP contribution in [0.15, 0.2) is 30.3 Å². The van der Waals surface area contributed by atoms with Crippen molar-refractivity contribution in [2.75, 3.05) is 5.32 Å². The van der Waals surface area contributed by atoms with Crippen molar-refractivity contribution in [3.8, 4) is 0 Å². The molecule has 0 radical (unpaired) electrons. The first kappa shape index (κ1) is 15.4. The van der Waals surface area contributed by atoms with Gasteiger partial charge in [0.25, 0.3) is 5.69 Å². The summed E-state index contributed by atoms with van der Waals surface area (Å²) in [6, 6.07) is 6.24. The second-order valence-electron chi connectivity index (χ2n) is 4.82. The maximum Gasteiger partial charge on any atom is 0.276 e. The van der Waals surface area contributed by atoms with E-state index in [1.807, 2.05) is 13.8 Å². The molecular weight excluding hydrogens is 284 g/mol. The molecule has 0 aliphatic carbocycles. The van der Waals surface area contributed by atoms with E-state index >= 15 is 0 Å². The van der Waals surface area contributed by atoms with Crippen molar-refractivity contribution < 1.29 is 9.72 Å². The van der Waals surface area contributed by atoms with E-state index in [-0.39, 0.29) is 11.6 Å². The van der Waals surface area contributed by atoms with Crippen LogP contribution in [0.5, 0.6) is 0 Å². The minimum absolute atomic E-state index is 0.0425. The average Bonchev–Trinajstić information content (AvgIpc) is 2.72. The number of rotatable bonds is 4. The number of nitrogens with zero attached hydrogens (tertiary/aromatic N) is 3. The van der Waals surface area contributed by atoms with Crippen LogP contribution >= 0.6 is 0 Å². The summed E-state index contributed by atoms with van der Waals surface area (Å²) in [5.74, 6) is 0.235. The summed E-state index contributed by atoms with van der Waals surface area (Å²) >= 11 is 0. The predicted molar refractivity (Wildman–Crippen MR) is 83.4 cm³/mol. The Balaban J connectivity index is 2.17. The van der Waals surface area contributed by atoms with Gasteiger partial charge in [0.2, 0.25) is 5.91 Å². The Hall–Kier alpha value is -2.96. The van der Waals surface area contributed by atoms with Gasteiger partial charge in [-0.25, -0.2) is 0 Å². The molecule has 7 nitrogen and oxygen atoms in total. The summed E-state index contributed by atoms with van der Waals surface area (Å²) in [5.41, 5.74) is 2.05. The standard InChI is InChI=1S/C15H16N4O3/c1-10-11(2)17-18(3)15(10)16-14(20)9-8-12-6-4-5-7-13(12)19(21)22/h4-9H,1-3H3,(H,16,20)/b9-8+. The molecule has 0 bridgehead atoms. The van der Waals surface area contributed by atoms with E-state index in [0.29, 0.717) is 11.4 Å². The van der Waals surface area contributed by atoms with Crippen molar-refractivity contribution in [1.29, 1.82) is 0 Å². The number of para-hydroxylation sites is 1. The van der Waals surface area contributed by atoms with E-state index in [4.69, 9.17) is 0 Å². The number of nitro benzene ring substituents is 1. The Morgan fingerprint density at radius 3 is 2.64 bits per heavy atom. The van der Waals surface area contributed by atoms with Crippen molar-refractivity contribution in [1.82, 2.24) is 9.78 Å². The van der Waals surface area contributed by atoms with Gasteiger partial charge in [0.1, 0.15) is 5.82 Å². The summed E-state index contributed by atoms with van der Waals surface area (Å²) < 4.78 is 1.58. The smallest absolute Gasteiger partial charge is 0.276 e. The van der Waals surface area contributed by atoms with Crippen LogP contribution in [0.4, 0.5) is 11.5 Å². The number of carbonyl (C=O) groups is 1. The van der Waals surface area contributed by atoms with Gasteiger partial charge >= 0.3 is 0 Å². The van der Waals surface area contributed by atoms with Crippen LogP contribution < -0.4 is 5.32 Å². The summed E-state index contributed by atoms with van der Waals surface area (Å²) in [4.78, 5) is 22.4. The summed E-state index contributed by atoms with van der Waals surface area (Å²) in [7, 11) is 1.74. The summed E-state index contributed by atoms with van der Waals surface area (Å²) in [6.45, 7) is 3.72. The topological polar surface area (TPSA) is 90.1 Å². The van der Waals surface area contributed by atoms with Gasteiger partial charge in [-0.05, 0) is 26.0 Å². The molecule has 0 spiro atoms. The van der Waals surface area contributed by atoms with Crippen LogP contribution in [-0.2, 0) is 11.8 Å². The zero-order chi connectivity index (χ0) is 16.3. The zero-order valence-electron chi connectivity index (χ0n) is 12.5. The van der Waals surface area contributed by atoms with Gasteiger partial charge in [-0.2, -0.15) is 5.10 Å². The van der Waals surface area contributed by atoms with Crippen molar-refractivity contribution in [2.45, 2.75) is 13.8 Å². The van der Waals surface area contributed by atoms with E-state index in [1.165, 1.54) is 18.2 Å². The van der Waals surface area contributed by atoms with Gasteiger partial charge in [-0.3, -0.25) is 19.6 Å². The third kappa shape index (κ3) is 3.20. The lowest BCUT2D eigenvalue weighted by molar-refractivity contribution is -0.385. The molecule has 0 fully saturated rings. The van der Waals surface area contributed by atoms with E-state index in [1.54, 1.807) is 29.9 Å². The zero-order valence-corrected chi connectivity index (χ0v) is 12.5. The Morgan fingerprint density at radius 2 is 2.05 bits per heavy atom. The highest BCUT2D eigenvalue weighted by molar-refractivity contribution is 6.02. The number of nitrogens with one attached hydrogen (secondary N) is 1. The lowest BCUT2D eigenvalue weighted by atomic mass is 10.1. The van der Waals surface area contributed by atoms with Crippen molar-refractivity contribution in [3.63, 3.8) is 0 Å². The van der Waals surface area contributed by atoms with Gasteiger partial charge < -0.3 is 5.32 Å². The Labute approximate surface area is 127 Å². The van der Waals surface area contributed by atoms with E-state index < -0.39 is 4.92 Å². The molecule has 0 saturated heterocycles. The number of amides is 1. The fourth-order valence-electron chi connectivity index (χ4n) is 2.06. The van der Waals surface area contributed by atoms with Crippen LogP contribution in [0, 0.1) is 24.0 Å². The molecular formula is C15H16N4O3. The van der Waals surface area contributed by atoms with Crippen LogP contribution in [0.25, 0.3) is 6.08 Å². The van der Waals surface area contributed by atoms with Crippen molar-refractivity contribution in [2.24, 2.45) is 7.05 Å². The Kier molecular flexibility index (Phi) is 4.36. The van der Waals surface area contributed by atoms with Crippen molar-refractivity contribution in [3.05, 3.63) is 57.3 Å². The normalized spacial score (nSPS) is 10.9. The molecule has 22 heavy (non-hydrogen) atoms. The van der Waals surface area contributed by atoms with E-state index in [9.17, 15) is 14.9 Å². The Morgan fingerprint density at radius 1 is 1.36 bits per heavy atom. The minimum atomic E-state index is -0.480. The van der Waals surface area contributed by atoms with Crippen LogP contribution in [-0.4, -0.2) is 20.6 Å². The predicted octanol–water partition coefficient (Wildman–Crippen LogP) is 2.60. The monoisotopic (exact) mass is 300 g/mol. The number of hydrogen-bond acceptors (Lipinski definition) is 4. The van der Waals surface area contributed by atoms with E-state index in [2.05, 4.69) is 10.4 Å². The number of anilines is 1. The van der Waals surface area contributed by atoms with Gasteiger partial charge in [-0.15, -0.1) is 0 Å². The first-order valence-electron chi connectivity index (χ1n) is 6.63. The molecule has 0 unspecified atom stereocenters. The summed E-state index contributed by atoms with van der Waals surface area (Å²) in [5, 5.41) is 17.8. The first-order valence-corrected chi connectivity index (χ1v) is 6.63. The molecule has 1 aromatic heterocycles. The average molecular weight is 300 g/mol. The fourth-order valence-corrected chi connectivity index (χ4v) is 2.06. The number of carbonyl (C=O) groups excluding carboxylic acids is 1. The molecule has 0 atom stereocenters. The molecule has 7 heteroatoms. The number of benzene rings is 1. The van der Waals surface area contributed by atoms with Crippen LogP contribution in [0.2, 0.25) is 0 Å². The maximum absolute atomic E-state index is 12.0. The molecule has 2 rings (SSSR count). The van der Waals surface area contributed by atoms with Crippen LogP contribution in [0.3, 0.4) is 0 Å². The lowest BCUT2D eigenvalue weighted by Gasteiger charge is -2.04. The van der Waals surface area contributed by atoms with E-state index in [0.717, 1.165) is 11.3 Å². The highest BCUT2D eigenvalue weighted by Crippen LogP contribution is 2.20. The number of aromatic nitrogens is 2. The molecule has 1 aromatic carbocycles. The van der Waals surface area contributed by atoms with Gasteiger partial charge in [0.15, 0.2) is 0 Å². The highest BCUT2D eigenvalue weighted by atomic mass is 16.6. The second kappa shape index (κ2) is 6.21. The minimum Gasteiger partial charge on any atom is -0.307 e. The second-order valence-corrected chi connectivity index (χ2v) is 4.82. The number of nitro groups is 1. The first-order chi connectivity index (χ1) is 10.4. The SMILES string of the molecule is Cc1nn(C)c(NC(=O)/C=C/c2ccccc2[N+](=O)[O-])c1C. The van der Waals surface area contributed by atoms with Crippen LogP contribution in [0.1, 0.15) is 16.8 Å². The largest absolute Gasteiger partial charge is 0.307 e. The third-order valence-corrected chi connectivity index (χ3v) is 3.31.